The summed E-state index contributed by atoms with van der Waals surface area (Å²) in [5.74, 6) is 0.886. The predicted octanol–water partition coefficient (Wildman–Crippen LogP) is 4.79. The number of hydrazone groups is 1. The zero-order valence-electron chi connectivity index (χ0n) is 15.0. The van der Waals surface area contributed by atoms with Gasteiger partial charge < -0.3 is 14.8 Å². The molecule has 0 amide bonds. The lowest BCUT2D eigenvalue weighted by molar-refractivity contribution is -0.0498. The van der Waals surface area contributed by atoms with E-state index in [0.717, 1.165) is 22.7 Å². The minimum absolute atomic E-state index is 0.102. The number of nitrogens with zero attached hydrogens (tertiary/aromatic N) is 1. The van der Waals surface area contributed by atoms with E-state index in [1.54, 1.807) is 12.1 Å². The SMILES string of the molecule is CCOc1ccc(NC(=S)N/N=C(/CC)c2ccc(OC(F)F)cc2)cc1. The Hall–Kier alpha value is -2.74. The minimum atomic E-state index is -2.84. The van der Waals surface area contributed by atoms with Crippen LogP contribution in [0.4, 0.5) is 14.5 Å². The van der Waals surface area contributed by atoms with Crippen LogP contribution in [0.5, 0.6) is 11.5 Å². The van der Waals surface area contributed by atoms with Gasteiger partial charge in [0.2, 0.25) is 0 Å². The molecule has 2 aromatic carbocycles. The maximum atomic E-state index is 12.2. The van der Waals surface area contributed by atoms with Crippen molar-refractivity contribution in [1.29, 1.82) is 0 Å². The maximum absolute atomic E-state index is 12.2. The highest BCUT2D eigenvalue weighted by atomic mass is 32.1. The number of halogens is 2. The van der Waals surface area contributed by atoms with E-state index < -0.39 is 6.61 Å². The summed E-state index contributed by atoms with van der Waals surface area (Å²) in [5, 5.41) is 7.66. The van der Waals surface area contributed by atoms with Gasteiger partial charge in [-0.15, -0.1) is 0 Å². The maximum Gasteiger partial charge on any atom is 0.387 e. The predicted molar refractivity (Wildman–Crippen MR) is 107 cm³/mol. The molecule has 0 fully saturated rings. The molecule has 2 rings (SSSR count). The van der Waals surface area contributed by atoms with E-state index >= 15 is 0 Å². The number of ether oxygens (including phenoxy) is 2. The van der Waals surface area contributed by atoms with Crippen molar-refractivity contribution >= 4 is 28.7 Å². The molecule has 0 radical (unpaired) electrons. The number of benzene rings is 2. The van der Waals surface area contributed by atoms with Crippen LogP contribution in [0.1, 0.15) is 25.8 Å². The highest BCUT2D eigenvalue weighted by Crippen LogP contribution is 2.17. The van der Waals surface area contributed by atoms with Crippen molar-refractivity contribution in [2.45, 2.75) is 26.9 Å². The number of anilines is 1. The first-order valence-corrected chi connectivity index (χ1v) is 8.84. The molecule has 0 aliphatic heterocycles. The second-order valence-electron chi connectivity index (χ2n) is 5.34. The Balaban J connectivity index is 1.95. The van der Waals surface area contributed by atoms with Crippen molar-refractivity contribution in [2.75, 3.05) is 11.9 Å². The standard InChI is InChI=1S/C19H21F2N3O2S/c1-3-17(13-5-9-16(10-6-13)26-18(20)21)23-24-19(27)22-14-7-11-15(12-8-14)25-4-2/h5-12,18H,3-4H2,1-2H3,(H2,22,24,27)/b23-17-. The van der Waals surface area contributed by atoms with E-state index in [9.17, 15) is 8.78 Å². The Morgan fingerprint density at radius 1 is 1.04 bits per heavy atom. The highest BCUT2D eigenvalue weighted by Gasteiger charge is 2.06. The molecule has 0 bridgehead atoms. The number of thiocarbonyl (C=S) groups is 1. The molecule has 0 unspecified atom stereocenters. The number of rotatable bonds is 8. The molecule has 0 aliphatic carbocycles. The van der Waals surface area contributed by atoms with E-state index in [-0.39, 0.29) is 5.75 Å². The molecule has 8 heteroatoms. The molecule has 0 saturated heterocycles. The Bertz CT molecular complexity index is 766. The average Bonchev–Trinajstić information content (AvgIpc) is 2.65. The van der Waals surface area contributed by atoms with Crippen LogP contribution in [0.3, 0.4) is 0 Å². The quantitative estimate of drug-likeness (QED) is 0.384. The third-order valence-corrected chi connectivity index (χ3v) is 3.66. The van der Waals surface area contributed by atoms with Gasteiger partial charge in [-0.3, -0.25) is 5.43 Å². The Morgan fingerprint density at radius 3 is 2.22 bits per heavy atom. The van der Waals surface area contributed by atoms with Crippen LogP contribution >= 0.6 is 12.2 Å². The fraction of sp³-hybridized carbons (Fsp3) is 0.263. The lowest BCUT2D eigenvalue weighted by atomic mass is 10.1. The van der Waals surface area contributed by atoms with Crippen molar-refractivity contribution in [3.05, 3.63) is 54.1 Å². The van der Waals surface area contributed by atoms with Gasteiger partial charge >= 0.3 is 6.61 Å². The van der Waals surface area contributed by atoms with Crippen molar-refractivity contribution in [1.82, 2.24) is 5.43 Å². The molecular weight excluding hydrogens is 372 g/mol. The summed E-state index contributed by atoms with van der Waals surface area (Å²) < 4.78 is 34.2. The van der Waals surface area contributed by atoms with E-state index in [0.29, 0.717) is 18.1 Å². The lowest BCUT2D eigenvalue weighted by Gasteiger charge is -2.10. The number of alkyl halides is 2. The highest BCUT2D eigenvalue weighted by molar-refractivity contribution is 7.80. The summed E-state index contributed by atoms with van der Waals surface area (Å²) in [6, 6.07) is 13.7. The zero-order valence-corrected chi connectivity index (χ0v) is 15.9. The Labute approximate surface area is 162 Å². The van der Waals surface area contributed by atoms with E-state index in [1.807, 2.05) is 38.1 Å². The van der Waals surface area contributed by atoms with Gasteiger partial charge in [-0.2, -0.15) is 13.9 Å². The molecule has 0 aliphatic rings. The monoisotopic (exact) mass is 393 g/mol. The van der Waals surface area contributed by atoms with Crippen molar-refractivity contribution in [3.63, 3.8) is 0 Å². The fourth-order valence-corrected chi connectivity index (χ4v) is 2.42. The summed E-state index contributed by atoms with van der Waals surface area (Å²) in [6.45, 7) is 1.63. The largest absolute Gasteiger partial charge is 0.494 e. The van der Waals surface area contributed by atoms with Gasteiger partial charge in [0, 0.05) is 5.69 Å². The summed E-state index contributed by atoms with van der Waals surface area (Å²) in [5.41, 5.74) is 5.11. The third-order valence-electron chi connectivity index (χ3n) is 3.46. The first-order chi connectivity index (χ1) is 13.0. The van der Waals surface area contributed by atoms with Crippen LogP contribution in [-0.2, 0) is 0 Å². The molecule has 27 heavy (non-hydrogen) atoms. The van der Waals surface area contributed by atoms with Gasteiger partial charge in [0.25, 0.3) is 0 Å². The Kier molecular flexibility index (Phi) is 7.94. The number of hydrogen-bond donors (Lipinski definition) is 2. The van der Waals surface area contributed by atoms with Crippen molar-refractivity contribution in [3.8, 4) is 11.5 Å². The molecule has 2 aromatic rings. The van der Waals surface area contributed by atoms with E-state index in [4.69, 9.17) is 17.0 Å². The van der Waals surface area contributed by atoms with Crippen LogP contribution in [0.25, 0.3) is 0 Å². The van der Waals surface area contributed by atoms with Crippen LogP contribution in [0.15, 0.2) is 53.6 Å². The van der Waals surface area contributed by atoms with Crippen molar-refractivity contribution in [2.24, 2.45) is 5.10 Å². The molecule has 0 heterocycles. The van der Waals surface area contributed by atoms with Gasteiger partial charge in [0.1, 0.15) is 11.5 Å². The average molecular weight is 393 g/mol. The van der Waals surface area contributed by atoms with Gasteiger partial charge in [-0.05, 0) is 79.7 Å². The first-order valence-electron chi connectivity index (χ1n) is 8.43. The number of hydrogen-bond acceptors (Lipinski definition) is 4. The molecule has 144 valence electrons. The summed E-state index contributed by atoms with van der Waals surface area (Å²) in [4.78, 5) is 0. The summed E-state index contributed by atoms with van der Waals surface area (Å²) in [7, 11) is 0. The summed E-state index contributed by atoms with van der Waals surface area (Å²) in [6.07, 6.45) is 0.633. The van der Waals surface area contributed by atoms with Crippen LogP contribution in [0.2, 0.25) is 0 Å². The van der Waals surface area contributed by atoms with Crippen molar-refractivity contribution < 1.29 is 18.3 Å². The normalized spacial score (nSPS) is 11.2. The minimum Gasteiger partial charge on any atom is -0.494 e. The molecular formula is C19H21F2N3O2S. The molecule has 0 atom stereocenters. The van der Waals surface area contributed by atoms with E-state index in [2.05, 4.69) is 20.6 Å². The van der Waals surface area contributed by atoms with Crippen LogP contribution < -0.4 is 20.2 Å². The Morgan fingerprint density at radius 2 is 1.67 bits per heavy atom. The molecule has 0 aromatic heterocycles. The topological polar surface area (TPSA) is 54.9 Å². The summed E-state index contributed by atoms with van der Waals surface area (Å²) >= 11 is 5.24. The van der Waals surface area contributed by atoms with Gasteiger partial charge in [0.05, 0.1) is 12.3 Å². The third kappa shape index (κ3) is 6.82. The van der Waals surface area contributed by atoms with Gasteiger partial charge in [0.15, 0.2) is 5.11 Å². The molecule has 5 nitrogen and oxygen atoms in total. The molecule has 0 saturated carbocycles. The smallest absolute Gasteiger partial charge is 0.387 e. The first kappa shape index (κ1) is 20.6. The second-order valence-corrected chi connectivity index (χ2v) is 5.75. The van der Waals surface area contributed by atoms with Gasteiger partial charge in [-0.25, -0.2) is 0 Å². The van der Waals surface area contributed by atoms with Crippen LogP contribution in [-0.4, -0.2) is 24.0 Å². The van der Waals surface area contributed by atoms with Crippen LogP contribution in [0, 0.1) is 0 Å². The zero-order chi connectivity index (χ0) is 19.6. The van der Waals surface area contributed by atoms with Gasteiger partial charge in [-0.1, -0.05) is 6.92 Å². The number of nitrogens with one attached hydrogen (secondary N) is 2. The van der Waals surface area contributed by atoms with E-state index in [1.165, 1.54) is 12.1 Å². The fourth-order valence-electron chi connectivity index (χ4n) is 2.25. The molecule has 0 spiro atoms. The second kappa shape index (κ2) is 10.4. The molecule has 2 N–H and O–H groups in total. The lowest BCUT2D eigenvalue weighted by Crippen LogP contribution is -2.25.